The summed E-state index contributed by atoms with van der Waals surface area (Å²) >= 11 is 14.0. The third-order valence-electron chi connectivity index (χ3n) is 10.7. The number of hydrogen-bond acceptors (Lipinski definition) is 9. The number of carbonyl (C=O) groups excluding carboxylic acids is 2. The molecule has 280 valence electrons. The topological polar surface area (TPSA) is 127 Å². The third kappa shape index (κ3) is 8.04. The first-order valence-corrected chi connectivity index (χ1v) is 19.1. The van der Waals surface area contributed by atoms with Gasteiger partial charge >= 0.3 is 0 Å². The van der Waals surface area contributed by atoms with Crippen LogP contribution >= 0.6 is 23.2 Å². The van der Waals surface area contributed by atoms with Gasteiger partial charge in [0, 0.05) is 62.4 Å². The number of benzene rings is 1. The predicted octanol–water partition coefficient (Wildman–Crippen LogP) is 6.12. The lowest BCUT2D eigenvalue weighted by Crippen LogP contribution is -2.35. The van der Waals surface area contributed by atoms with Gasteiger partial charge in [-0.1, -0.05) is 53.5 Å². The lowest BCUT2D eigenvalue weighted by Gasteiger charge is -2.23. The molecule has 2 aromatic heterocycles. The number of amides is 2. The Labute approximate surface area is 320 Å². The van der Waals surface area contributed by atoms with Gasteiger partial charge in [0.15, 0.2) is 0 Å². The number of halogens is 2. The molecule has 0 bridgehead atoms. The van der Waals surface area contributed by atoms with Crippen LogP contribution in [0.4, 0.5) is 0 Å². The molecule has 2 aliphatic heterocycles. The Morgan fingerprint density at radius 2 is 1.77 bits per heavy atom. The smallest absolute Gasteiger partial charge is 0.236 e. The summed E-state index contributed by atoms with van der Waals surface area (Å²) in [5, 5.41) is 10.2. The zero-order valence-electron chi connectivity index (χ0n) is 30.4. The van der Waals surface area contributed by atoms with Gasteiger partial charge in [0.05, 0.1) is 30.9 Å². The average molecular weight is 762 g/mol. The van der Waals surface area contributed by atoms with Crippen molar-refractivity contribution in [1.29, 1.82) is 0 Å². The first kappa shape index (κ1) is 37.2. The van der Waals surface area contributed by atoms with E-state index in [-0.39, 0.29) is 29.9 Å². The molecule has 3 fully saturated rings. The molecule has 2 amide bonds. The Hall–Kier alpha value is -4.16. The fourth-order valence-electron chi connectivity index (χ4n) is 8.03. The van der Waals surface area contributed by atoms with Crippen molar-refractivity contribution in [2.75, 3.05) is 40.9 Å². The van der Waals surface area contributed by atoms with E-state index < -0.39 is 0 Å². The number of pyridine rings is 2. The average Bonchev–Trinajstić information content (AvgIpc) is 3.93. The fourth-order valence-corrected chi connectivity index (χ4v) is 8.59. The highest BCUT2D eigenvalue weighted by atomic mass is 35.5. The zero-order valence-corrected chi connectivity index (χ0v) is 31.9. The molecule has 1 aromatic carbocycles. The minimum absolute atomic E-state index is 0.0211. The number of nitrogens with zero attached hydrogens (tertiary/aromatic N) is 3. The highest BCUT2D eigenvalue weighted by Gasteiger charge is 2.34. The zero-order chi connectivity index (χ0) is 37.1. The van der Waals surface area contributed by atoms with Crippen molar-refractivity contribution in [1.82, 2.24) is 30.8 Å². The number of likely N-dealkylation sites (tertiary alicyclic amines) is 1. The largest absolute Gasteiger partial charge is 0.481 e. The molecule has 2 aliphatic carbocycles. The lowest BCUT2D eigenvalue weighted by atomic mass is 9.87. The minimum Gasteiger partial charge on any atom is -0.481 e. The maximum atomic E-state index is 12.1. The van der Waals surface area contributed by atoms with E-state index in [1.54, 1.807) is 21.3 Å². The number of carbonyl (C=O) groups is 2. The van der Waals surface area contributed by atoms with Crippen LogP contribution in [0.2, 0.25) is 10.0 Å². The van der Waals surface area contributed by atoms with Crippen molar-refractivity contribution in [2.45, 2.75) is 70.2 Å². The van der Waals surface area contributed by atoms with Crippen molar-refractivity contribution in [3.05, 3.63) is 80.4 Å². The molecule has 1 unspecified atom stereocenters. The maximum absolute atomic E-state index is 12.1. The molecular formula is C40H46Cl2N6O5. The van der Waals surface area contributed by atoms with E-state index in [0.717, 1.165) is 78.6 Å². The van der Waals surface area contributed by atoms with Crippen molar-refractivity contribution in [3.8, 4) is 28.9 Å². The second-order valence-corrected chi connectivity index (χ2v) is 14.8. The predicted molar refractivity (Wildman–Crippen MR) is 205 cm³/mol. The first-order valence-electron chi connectivity index (χ1n) is 18.4. The van der Waals surface area contributed by atoms with Gasteiger partial charge in [-0.2, -0.15) is 4.98 Å². The van der Waals surface area contributed by atoms with Crippen LogP contribution in [0.25, 0.3) is 16.8 Å². The van der Waals surface area contributed by atoms with Crippen LogP contribution in [0.3, 0.4) is 0 Å². The molecule has 13 heteroatoms. The quantitative estimate of drug-likeness (QED) is 0.189. The summed E-state index contributed by atoms with van der Waals surface area (Å²) in [4.78, 5) is 35.5. The highest BCUT2D eigenvalue weighted by Crippen LogP contribution is 2.46. The molecule has 3 N–H and O–H groups in total. The van der Waals surface area contributed by atoms with Crippen molar-refractivity contribution < 1.29 is 23.8 Å². The number of allylic oxidation sites excluding steroid dienone is 2. The Balaban J connectivity index is 1.06. The van der Waals surface area contributed by atoms with Crippen LogP contribution in [-0.2, 0) is 22.7 Å². The summed E-state index contributed by atoms with van der Waals surface area (Å²) < 4.78 is 17.9. The third-order valence-corrected chi connectivity index (χ3v) is 11.4. The van der Waals surface area contributed by atoms with Gasteiger partial charge in [-0.15, -0.1) is 0 Å². The van der Waals surface area contributed by atoms with Crippen LogP contribution in [0.15, 0.2) is 53.6 Å². The van der Waals surface area contributed by atoms with Crippen molar-refractivity contribution >= 4 is 40.6 Å². The van der Waals surface area contributed by atoms with E-state index in [4.69, 9.17) is 47.4 Å². The molecule has 53 heavy (non-hydrogen) atoms. The molecule has 0 spiro atoms. The van der Waals surface area contributed by atoms with E-state index in [2.05, 4.69) is 33.0 Å². The van der Waals surface area contributed by atoms with Gasteiger partial charge in [0.25, 0.3) is 0 Å². The van der Waals surface area contributed by atoms with Crippen molar-refractivity contribution in [2.24, 2.45) is 5.92 Å². The number of methoxy groups -OCH3 is 2. The SMILES string of the molecule is CNC(=O)C1CCN(Cc2cc(Cl)c(O[C@H]3CCC4=C(c5cccc(-c6ccc(CNC[C@@H]7CCC(=O)N7)c(OC)n6)c5Cl)CCC=C43)nc2OC)C1. The van der Waals surface area contributed by atoms with E-state index in [9.17, 15) is 9.59 Å². The van der Waals surface area contributed by atoms with Crippen LogP contribution in [0, 0.1) is 5.92 Å². The molecule has 0 radical (unpaired) electrons. The molecular weight excluding hydrogens is 715 g/mol. The van der Waals surface area contributed by atoms with Crippen LogP contribution in [0.1, 0.15) is 61.6 Å². The first-order chi connectivity index (χ1) is 25.8. The molecule has 1 saturated carbocycles. The van der Waals surface area contributed by atoms with Gasteiger partial charge in [-0.05, 0) is 79.5 Å². The van der Waals surface area contributed by atoms with Gasteiger partial charge in [0.1, 0.15) is 11.1 Å². The maximum Gasteiger partial charge on any atom is 0.236 e. The highest BCUT2D eigenvalue weighted by molar-refractivity contribution is 6.35. The molecule has 3 atom stereocenters. The minimum atomic E-state index is -0.202. The second kappa shape index (κ2) is 16.5. The Morgan fingerprint density at radius 3 is 2.55 bits per heavy atom. The van der Waals surface area contributed by atoms with E-state index in [0.29, 0.717) is 60.3 Å². The van der Waals surface area contributed by atoms with E-state index in [1.807, 2.05) is 30.3 Å². The Kier molecular flexibility index (Phi) is 11.5. The monoisotopic (exact) mass is 760 g/mol. The summed E-state index contributed by atoms with van der Waals surface area (Å²) in [6, 6.07) is 12.1. The summed E-state index contributed by atoms with van der Waals surface area (Å²) in [6.07, 6.45) is 7.68. The van der Waals surface area contributed by atoms with Gasteiger partial charge in [0.2, 0.25) is 29.5 Å². The normalized spacial score (nSPS) is 21.3. The number of rotatable bonds is 13. The summed E-state index contributed by atoms with van der Waals surface area (Å²) in [5.74, 6) is 1.51. The van der Waals surface area contributed by atoms with Crippen molar-refractivity contribution in [3.63, 3.8) is 0 Å². The second-order valence-electron chi connectivity index (χ2n) is 14.0. The molecule has 4 heterocycles. The lowest BCUT2D eigenvalue weighted by molar-refractivity contribution is -0.124. The van der Waals surface area contributed by atoms with E-state index in [1.165, 1.54) is 11.1 Å². The molecule has 11 nitrogen and oxygen atoms in total. The summed E-state index contributed by atoms with van der Waals surface area (Å²) in [6.45, 7) is 3.34. The Bertz CT molecular complexity index is 1950. The molecule has 3 aromatic rings. The number of ether oxygens (including phenoxy) is 3. The van der Waals surface area contributed by atoms with Crippen LogP contribution in [-0.4, -0.2) is 79.7 Å². The summed E-state index contributed by atoms with van der Waals surface area (Å²) in [5.41, 5.74) is 7.99. The molecule has 4 aliphatic rings. The van der Waals surface area contributed by atoms with E-state index >= 15 is 0 Å². The number of aromatic nitrogens is 2. The number of fused-ring (bicyclic) bond motifs is 1. The fraction of sp³-hybridized carbons (Fsp3) is 0.450. The Morgan fingerprint density at radius 1 is 0.962 bits per heavy atom. The van der Waals surface area contributed by atoms with Gasteiger partial charge in [-0.25, -0.2) is 4.98 Å². The van der Waals surface area contributed by atoms with Gasteiger partial charge < -0.3 is 30.2 Å². The van der Waals surface area contributed by atoms with Crippen LogP contribution in [0.5, 0.6) is 17.6 Å². The molecule has 7 rings (SSSR count). The standard InChI is InChI=1S/C40H46Cl2N6O5/c1-43-37(50)24-16-17-48(21-24)22-25-18-32(41)40(47-39(25)52-3)53-34-14-12-28-27(6-4-7-29(28)34)30-8-5-9-31(36(30)42)33-13-10-23(38(46-33)51-2)19-44-20-26-11-15-35(49)45-26/h5,7-10,13,18,24,26,34,44H,4,6,11-12,14-17,19-22H2,1-3H3,(H,43,50)(H,45,49)/t24?,26-,34-/m0/s1. The summed E-state index contributed by atoms with van der Waals surface area (Å²) in [7, 11) is 4.90. The van der Waals surface area contributed by atoms with Gasteiger partial charge in [-0.3, -0.25) is 14.5 Å². The number of hydrogen-bond donors (Lipinski definition) is 3. The van der Waals surface area contributed by atoms with Crippen LogP contribution < -0.4 is 30.2 Å². The molecule has 2 saturated heterocycles. The number of nitrogens with one attached hydrogen (secondary N) is 3.